The van der Waals surface area contributed by atoms with Crippen LogP contribution >= 0.6 is 0 Å². The molecule has 2 aromatic rings. The number of aromatic nitrogens is 3. The maximum Gasteiger partial charge on any atom is 0.154 e. The SMILES string of the molecule is Cc1cc2c(N(C)C3CCCNC3)nccn2n1. The van der Waals surface area contributed by atoms with Crippen molar-refractivity contribution >= 4 is 11.3 Å². The maximum atomic E-state index is 4.53. The third kappa shape index (κ3) is 1.95. The summed E-state index contributed by atoms with van der Waals surface area (Å²) in [6.45, 7) is 4.18. The van der Waals surface area contributed by atoms with Crippen LogP contribution in [0.1, 0.15) is 18.5 Å². The molecule has 3 heterocycles. The Labute approximate surface area is 107 Å². The first-order valence-corrected chi connectivity index (χ1v) is 6.50. The first-order chi connectivity index (χ1) is 8.75. The third-order valence-electron chi connectivity index (χ3n) is 3.64. The fourth-order valence-electron chi connectivity index (χ4n) is 2.64. The zero-order valence-corrected chi connectivity index (χ0v) is 10.9. The van der Waals surface area contributed by atoms with Gasteiger partial charge in [-0.2, -0.15) is 5.10 Å². The van der Waals surface area contributed by atoms with E-state index in [-0.39, 0.29) is 0 Å². The summed E-state index contributed by atoms with van der Waals surface area (Å²) >= 11 is 0. The topological polar surface area (TPSA) is 45.5 Å². The van der Waals surface area contributed by atoms with E-state index >= 15 is 0 Å². The number of hydrogen-bond donors (Lipinski definition) is 1. The molecule has 0 bridgehead atoms. The van der Waals surface area contributed by atoms with Crippen molar-refractivity contribution in [3.63, 3.8) is 0 Å². The molecule has 0 aromatic carbocycles. The fourth-order valence-corrected chi connectivity index (χ4v) is 2.64. The third-order valence-corrected chi connectivity index (χ3v) is 3.64. The molecule has 0 aliphatic carbocycles. The second-order valence-electron chi connectivity index (χ2n) is 4.98. The zero-order chi connectivity index (χ0) is 12.5. The highest BCUT2D eigenvalue weighted by atomic mass is 15.3. The molecule has 1 aliphatic rings. The number of likely N-dealkylation sites (N-methyl/N-ethyl adjacent to an activating group) is 1. The number of piperidine rings is 1. The molecule has 0 amide bonds. The molecule has 1 saturated heterocycles. The highest BCUT2D eigenvalue weighted by Gasteiger charge is 2.20. The normalized spacial score (nSPS) is 20.2. The number of fused-ring (bicyclic) bond motifs is 1. The van der Waals surface area contributed by atoms with Crippen LogP contribution in [0.15, 0.2) is 18.5 Å². The van der Waals surface area contributed by atoms with Gasteiger partial charge in [0.05, 0.1) is 5.69 Å². The second kappa shape index (κ2) is 4.57. The van der Waals surface area contributed by atoms with Crippen molar-refractivity contribution in [2.75, 3.05) is 25.0 Å². The van der Waals surface area contributed by atoms with Crippen LogP contribution in [0.4, 0.5) is 5.82 Å². The first kappa shape index (κ1) is 11.5. The Hall–Kier alpha value is -1.62. The smallest absolute Gasteiger partial charge is 0.154 e. The lowest BCUT2D eigenvalue weighted by atomic mass is 10.1. The van der Waals surface area contributed by atoms with Crippen molar-refractivity contribution in [1.82, 2.24) is 19.9 Å². The largest absolute Gasteiger partial charge is 0.354 e. The molecule has 0 saturated carbocycles. The van der Waals surface area contributed by atoms with Crippen molar-refractivity contribution in [2.24, 2.45) is 0 Å². The Morgan fingerprint density at radius 2 is 2.39 bits per heavy atom. The van der Waals surface area contributed by atoms with Gasteiger partial charge in [0.1, 0.15) is 5.52 Å². The molecule has 1 aliphatic heterocycles. The minimum Gasteiger partial charge on any atom is -0.354 e. The van der Waals surface area contributed by atoms with Crippen LogP contribution in [0.5, 0.6) is 0 Å². The maximum absolute atomic E-state index is 4.53. The van der Waals surface area contributed by atoms with E-state index in [0.717, 1.165) is 30.1 Å². The van der Waals surface area contributed by atoms with Gasteiger partial charge in [0.2, 0.25) is 0 Å². The molecule has 0 radical (unpaired) electrons. The predicted octanol–water partition coefficient (Wildman–Crippen LogP) is 1.23. The van der Waals surface area contributed by atoms with E-state index in [2.05, 4.69) is 33.4 Å². The Bertz CT molecular complexity index is 541. The molecule has 18 heavy (non-hydrogen) atoms. The second-order valence-corrected chi connectivity index (χ2v) is 4.98. The molecular weight excluding hydrogens is 226 g/mol. The summed E-state index contributed by atoms with van der Waals surface area (Å²) in [5.74, 6) is 1.02. The highest BCUT2D eigenvalue weighted by Crippen LogP contribution is 2.22. The van der Waals surface area contributed by atoms with Gasteiger partial charge < -0.3 is 10.2 Å². The molecule has 0 spiro atoms. The Balaban J connectivity index is 1.97. The Morgan fingerprint density at radius 1 is 1.50 bits per heavy atom. The van der Waals surface area contributed by atoms with Crippen LogP contribution in [0.3, 0.4) is 0 Å². The van der Waals surface area contributed by atoms with E-state index in [1.807, 2.05) is 23.8 Å². The molecule has 5 heteroatoms. The summed E-state index contributed by atoms with van der Waals surface area (Å²) < 4.78 is 1.91. The molecule has 1 atom stereocenters. The first-order valence-electron chi connectivity index (χ1n) is 6.50. The molecule has 3 rings (SSSR count). The van der Waals surface area contributed by atoms with Gasteiger partial charge in [-0.1, -0.05) is 0 Å². The number of rotatable bonds is 2. The minimum absolute atomic E-state index is 0.521. The standard InChI is InChI=1S/C13H19N5/c1-10-8-12-13(15-6-7-18(12)16-10)17(2)11-4-3-5-14-9-11/h6-8,11,14H,3-5,9H2,1-2H3. The number of nitrogens with zero attached hydrogens (tertiary/aromatic N) is 4. The lowest BCUT2D eigenvalue weighted by Gasteiger charge is -2.32. The van der Waals surface area contributed by atoms with E-state index in [1.165, 1.54) is 12.8 Å². The van der Waals surface area contributed by atoms with Crippen molar-refractivity contribution in [3.8, 4) is 0 Å². The Morgan fingerprint density at radius 3 is 3.17 bits per heavy atom. The van der Waals surface area contributed by atoms with Gasteiger partial charge in [0.15, 0.2) is 5.82 Å². The minimum atomic E-state index is 0.521. The number of aryl methyl sites for hydroxylation is 1. The average Bonchev–Trinajstić information content (AvgIpc) is 2.79. The molecular formula is C13H19N5. The van der Waals surface area contributed by atoms with E-state index in [0.29, 0.717) is 6.04 Å². The van der Waals surface area contributed by atoms with Crippen LogP contribution in [0.25, 0.3) is 5.52 Å². The van der Waals surface area contributed by atoms with E-state index in [1.54, 1.807) is 0 Å². The van der Waals surface area contributed by atoms with Crippen LogP contribution in [0.2, 0.25) is 0 Å². The predicted molar refractivity (Wildman–Crippen MR) is 72.0 cm³/mol. The Kier molecular flexibility index (Phi) is 2.91. The lowest BCUT2D eigenvalue weighted by molar-refractivity contribution is 0.443. The molecule has 1 unspecified atom stereocenters. The molecule has 2 aromatic heterocycles. The summed E-state index contributed by atoms with van der Waals surface area (Å²) in [5, 5.41) is 7.88. The van der Waals surface area contributed by atoms with Crippen LogP contribution in [-0.4, -0.2) is 40.8 Å². The van der Waals surface area contributed by atoms with E-state index in [9.17, 15) is 0 Å². The zero-order valence-electron chi connectivity index (χ0n) is 10.9. The van der Waals surface area contributed by atoms with Crippen LogP contribution in [0, 0.1) is 6.92 Å². The summed E-state index contributed by atoms with van der Waals surface area (Å²) in [5.41, 5.74) is 2.11. The van der Waals surface area contributed by atoms with Crippen molar-refractivity contribution in [1.29, 1.82) is 0 Å². The molecule has 1 N–H and O–H groups in total. The van der Waals surface area contributed by atoms with E-state index < -0.39 is 0 Å². The molecule has 1 fully saturated rings. The molecule has 5 nitrogen and oxygen atoms in total. The number of nitrogens with one attached hydrogen (secondary N) is 1. The van der Waals surface area contributed by atoms with Gasteiger partial charge in [-0.05, 0) is 32.4 Å². The fraction of sp³-hybridized carbons (Fsp3) is 0.538. The summed E-state index contributed by atoms with van der Waals surface area (Å²) in [6.07, 6.45) is 6.18. The van der Waals surface area contributed by atoms with Gasteiger partial charge in [0.25, 0.3) is 0 Å². The van der Waals surface area contributed by atoms with Gasteiger partial charge in [-0.15, -0.1) is 0 Å². The molecule has 96 valence electrons. The van der Waals surface area contributed by atoms with Gasteiger partial charge in [-0.25, -0.2) is 9.50 Å². The summed E-state index contributed by atoms with van der Waals surface area (Å²) in [6, 6.07) is 2.61. The monoisotopic (exact) mass is 245 g/mol. The lowest BCUT2D eigenvalue weighted by Crippen LogP contribution is -2.44. The van der Waals surface area contributed by atoms with Gasteiger partial charge in [-0.3, -0.25) is 0 Å². The van der Waals surface area contributed by atoms with E-state index in [4.69, 9.17) is 0 Å². The number of hydrogen-bond acceptors (Lipinski definition) is 4. The van der Waals surface area contributed by atoms with Crippen LogP contribution in [-0.2, 0) is 0 Å². The van der Waals surface area contributed by atoms with Gasteiger partial charge >= 0.3 is 0 Å². The highest BCUT2D eigenvalue weighted by molar-refractivity contribution is 5.69. The summed E-state index contributed by atoms with van der Waals surface area (Å²) in [4.78, 5) is 6.81. The van der Waals surface area contributed by atoms with Crippen molar-refractivity contribution in [2.45, 2.75) is 25.8 Å². The van der Waals surface area contributed by atoms with Gasteiger partial charge in [0, 0.05) is 32.0 Å². The quantitative estimate of drug-likeness (QED) is 0.864. The van der Waals surface area contributed by atoms with Crippen LogP contribution < -0.4 is 10.2 Å². The van der Waals surface area contributed by atoms with Crippen molar-refractivity contribution < 1.29 is 0 Å². The average molecular weight is 245 g/mol. The van der Waals surface area contributed by atoms with Crippen molar-refractivity contribution in [3.05, 3.63) is 24.2 Å². The summed E-state index contributed by atoms with van der Waals surface area (Å²) in [7, 11) is 2.13. The number of anilines is 1.